The minimum absolute atomic E-state index is 0.290. The zero-order valence-electron chi connectivity index (χ0n) is 10.5. The number of carbonyl (C=O) groups is 1. The molecule has 2 N–H and O–H groups in total. The van der Waals surface area contributed by atoms with Gasteiger partial charge in [-0.2, -0.15) is 0 Å². The van der Waals surface area contributed by atoms with Crippen molar-refractivity contribution in [3.05, 3.63) is 40.0 Å². The standard InChI is InChI=1S/C14H16Cl2N2O/c15-11-6-7-13(12(16)8-11)18-14(19)17-9-10-4-2-1-3-5-10/h6-9H,1-5H2,(H2,17,18,19). The number of rotatable bonds is 2. The van der Waals surface area contributed by atoms with E-state index in [0.717, 1.165) is 12.8 Å². The Labute approximate surface area is 123 Å². The Morgan fingerprint density at radius 2 is 1.89 bits per heavy atom. The molecule has 0 saturated heterocycles. The first-order chi connectivity index (χ1) is 9.15. The van der Waals surface area contributed by atoms with Gasteiger partial charge in [0.15, 0.2) is 0 Å². The van der Waals surface area contributed by atoms with Crippen LogP contribution in [-0.2, 0) is 0 Å². The van der Waals surface area contributed by atoms with Crippen LogP contribution in [0.2, 0.25) is 10.0 Å². The Kier molecular flexibility index (Phi) is 5.11. The molecule has 1 aliphatic rings. The van der Waals surface area contributed by atoms with E-state index in [0.29, 0.717) is 15.7 Å². The van der Waals surface area contributed by atoms with Crippen LogP contribution in [-0.4, -0.2) is 6.03 Å². The molecule has 102 valence electrons. The third kappa shape index (κ3) is 4.44. The van der Waals surface area contributed by atoms with Gasteiger partial charge in [-0.3, -0.25) is 0 Å². The van der Waals surface area contributed by atoms with Crippen LogP contribution in [0.1, 0.15) is 32.1 Å². The highest BCUT2D eigenvalue weighted by Crippen LogP contribution is 2.25. The van der Waals surface area contributed by atoms with Crippen LogP contribution in [0.3, 0.4) is 0 Å². The monoisotopic (exact) mass is 298 g/mol. The second-order valence-electron chi connectivity index (χ2n) is 4.59. The predicted octanol–water partition coefficient (Wildman–Crippen LogP) is 4.96. The van der Waals surface area contributed by atoms with Gasteiger partial charge in [-0.05, 0) is 43.9 Å². The molecule has 1 aromatic rings. The normalized spacial score (nSPS) is 14.9. The van der Waals surface area contributed by atoms with Crippen molar-refractivity contribution in [1.29, 1.82) is 0 Å². The fraction of sp³-hybridized carbons (Fsp3) is 0.357. The van der Waals surface area contributed by atoms with Crippen molar-refractivity contribution < 1.29 is 4.79 Å². The second-order valence-corrected chi connectivity index (χ2v) is 5.43. The van der Waals surface area contributed by atoms with E-state index in [-0.39, 0.29) is 6.03 Å². The molecule has 0 atom stereocenters. The predicted molar refractivity (Wildman–Crippen MR) is 79.8 cm³/mol. The van der Waals surface area contributed by atoms with Gasteiger partial charge in [0.25, 0.3) is 0 Å². The molecule has 1 saturated carbocycles. The summed E-state index contributed by atoms with van der Waals surface area (Å²) in [6.45, 7) is 0. The van der Waals surface area contributed by atoms with Crippen molar-refractivity contribution in [2.75, 3.05) is 5.32 Å². The summed E-state index contributed by atoms with van der Waals surface area (Å²) in [6, 6.07) is 4.67. The third-order valence-corrected chi connectivity index (χ3v) is 3.63. The van der Waals surface area contributed by atoms with Crippen LogP contribution in [0.4, 0.5) is 10.5 Å². The Morgan fingerprint density at radius 3 is 2.58 bits per heavy atom. The minimum atomic E-state index is -0.290. The number of nitrogens with one attached hydrogen (secondary N) is 2. The Balaban J connectivity index is 1.90. The molecule has 2 amide bonds. The molecule has 1 fully saturated rings. The van der Waals surface area contributed by atoms with Crippen molar-refractivity contribution in [2.24, 2.45) is 0 Å². The molecule has 0 aromatic heterocycles. The molecule has 2 rings (SSSR count). The van der Waals surface area contributed by atoms with Crippen LogP contribution in [0, 0.1) is 0 Å². The summed E-state index contributed by atoms with van der Waals surface area (Å²) >= 11 is 11.8. The Hall–Kier alpha value is -1.19. The SMILES string of the molecule is O=C(NC=C1CCCCC1)Nc1ccc(Cl)cc1Cl. The van der Waals surface area contributed by atoms with E-state index in [4.69, 9.17) is 23.2 Å². The van der Waals surface area contributed by atoms with E-state index in [2.05, 4.69) is 10.6 Å². The molecule has 0 spiro atoms. The van der Waals surface area contributed by atoms with Crippen molar-refractivity contribution in [1.82, 2.24) is 5.32 Å². The second kappa shape index (κ2) is 6.83. The average molecular weight is 299 g/mol. The summed E-state index contributed by atoms with van der Waals surface area (Å²) in [5.74, 6) is 0. The first kappa shape index (κ1) is 14.2. The summed E-state index contributed by atoms with van der Waals surface area (Å²) in [5, 5.41) is 6.40. The van der Waals surface area contributed by atoms with Gasteiger partial charge in [-0.1, -0.05) is 35.2 Å². The highest BCUT2D eigenvalue weighted by atomic mass is 35.5. The fourth-order valence-electron chi connectivity index (χ4n) is 2.07. The molecule has 0 radical (unpaired) electrons. The number of benzene rings is 1. The van der Waals surface area contributed by atoms with Gasteiger partial charge in [0.1, 0.15) is 0 Å². The van der Waals surface area contributed by atoms with Gasteiger partial charge in [0.05, 0.1) is 10.7 Å². The van der Waals surface area contributed by atoms with Gasteiger partial charge in [-0.15, -0.1) is 0 Å². The van der Waals surface area contributed by atoms with Crippen molar-refractivity contribution in [3.8, 4) is 0 Å². The Morgan fingerprint density at radius 1 is 1.16 bits per heavy atom. The number of halogens is 2. The smallest absolute Gasteiger partial charge is 0.314 e. The van der Waals surface area contributed by atoms with Crippen LogP contribution >= 0.6 is 23.2 Å². The van der Waals surface area contributed by atoms with E-state index in [9.17, 15) is 4.79 Å². The van der Waals surface area contributed by atoms with Crippen LogP contribution in [0.25, 0.3) is 0 Å². The molecule has 0 heterocycles. The number of allylic oxidation sites excluding steroid dienone is 1. The first-order valence-electron chi connectivity index (χ1n) is 6.35. The topological polar surface area (TPSA) is 41.1 Å². The molecule has 0 unspecified atom stereocenters. The average Bonchev–Trinajstić information content (AvgIpc) is 2.41. The zero-order valence-corrected chi connectivity index (χ0v) is 12.0. The summed E-state index contributed by atoms with van der Waals surface area (Å²) in [4.78, 5) is 11.7. The van der Waals surface area contributed by atoms with Crippen LogP contribution in [0.15, 0.2) is 30.0 Å². The summed E-state index contributed by atoms with van der Waals surface area (Å²) < 4.78 is 0. The lowest BCUT2D eigenvalue weighted by Crippen LogP contribution is -2.24. The van der Waals surface area contributed by atoms with E-state index in [1.165, 1.54) is 24.8 Å². The van der Waals surface area contributed by atoms with Crippen LogP contribution < -0.4 is 10.6 Å². The maximum atomic E-state index is 11.7. The highest BCUT2D eigenvalue weighted by molar-refractivity contribution is 6.36. The first-order valence-corrected chi connectivity index (χ1v) is 7.11. The molecule has 1 aromatic carbocycles. The minimum Gasteiger partial charge on any atom is -0.314 e. The molecule has 0 aliphatic heterocycles. The van der Waals surface area contributed by atoms with E-state index < -0.39 is 0 Å². The molecular weight excluding hydrogens is 283 g/mol. The lowest BCUT2D eigenvalue weighted by Gasteiger charge is -2.13. The van der Waals surface area contributed by atoms with Crippen molar-refractivity contribution in [2.45, 2.75) is 32.1 Å². The van der Waals surface area contributed by atoms with Gasteiger partial charge >= 0.3 is 6.03 Å². The van der Waals surface area contributed by atoms with E-state index >= 15 is 0 Å². The number of anilines is 1. The van der Waals surface area contributed by atoms with Gasteiger partial charge in [0, 0.05) is 11.2 Å². The number of hydrogen-bond acceptors (Lipinski definition) is 1. The lowest BCUT2D eigenvalue weighted by atomic mass is 9.96. The van der Waals surface area contributed by atoms with Gasteiger partial charge in [-0.25, -0.2) is 4.79 Å². The number of carbonyl (C=O) groups excluding carboxylic acids is 1. The lowest BCUT2D eigenvalue weighted by molar-refractivity contribution is 0.255. The highest BCUT2D eigenvalue weighted by Gasteiger charge is 2.07. The maximum Gasteiger partial charge on any atom is 0.323 e. The van der Waals surface area contributed by atoms with Crippen molar-refractivity contribution >= 4 is 34.9 Å². The quantitative estimate of drug-likeness (QED) is 0.796. The third-order valence-electron chi connectivity index (χ3n) is 3.08. The fourth-order valence-corrected chi connectivity index (χ4v) is 2.52. The summed E-state index contributed by atoms with van der Waals surface area (Å²) in [7, 11) is 0. The molecular formula is C14H16Cl2N2O. The molecule has 5 heteroatoms. The number of amides is 2. The largest absolute Gasteiger partial charge is 0.323 e. The molecule has 19 heavy (non-hydrogen) atoms. The molecule has 3 nitrogen and oxygen atoms in total. The maximum absolute atomic E-state index is 11.7. The summed E-state index contributed by atoms with van der Waals surface area (Å²) in [5.41, 5.74) is 1.84. The van der Waals surface area contributed by atoms with Gasteiger partial charge < -0.3 is 10.6 Å². The number of hydrogen-bond donors (Lipinski definition) is 2. The number of urea groups is 1. The van der Waals surface area contributed by atoms with Crippen LogP contribution in [0.5, 0.6) is 0 Å². The van der Waals surface area contributed by atoms with Crippen molar-refractivity contribution in [3.63, 3.8) is 0 Å². The molecule has 1 aliphatic carbocycles. The summed E-state index contributed by atoms with van der Waals surface area (Å²) in [6.07, 6.45) is 7.64. The van der Waals surface area contributed by atoms with E-state index in [1.807, 2.05) is 0 Å². The molecule has 0 bridgehead atoms. The Bertz CT molecular complexity index is 492. The zero-order chi connectivity index (χ0) is 13.7. The van der Waals surface area contributed by atoms with E-state index in [1.54, 1.807) is 24.4 Å². The van der Waals surface area contributed by atoms with Gasteiger partial charge in [0.2, 0.25) is 0 Å².